The van der Waals surface area contributed by atoms with Gasteiger partial charge in [-0.2, -0.15) is 0 Å². The monoisotopic (exact) mass is 212 g/mol. The average molecular weight is 213 g/mol. The molecule has 1 rings (SSSR count). The molecule has 2 nitrogen and oxygen atoms in total. The van der Waals surface area contributed by atoms with Crippen LogP contribution in [0.3, 0.4) is 0 Å². The van der Waals surface area contributed by atoms with Crippen molar-refractivity contribution in [2.75, 3.05) is 12.8 Å². The third-order valence-corrected chi connectivity index (χ3v) is 2.04. The third-order valence-electron chi connectivity index (χ3n) is 1.34. The van der Waals surface area contributed by atoms with Crippen LogP contribution in [0.2, 0.25) is 0 Å². The van der Waals surface area contributed by atoms with Crippen LogP contribution in [0.1, 0.15) is 5.56 Å². The molecule has 0 saturated carbocycles. The van der Waals surface area contributed by atoms with Crippen LogP contribution in [-0.4, -0.2) is 13.3 Å². The van der Waals surface area contributed by atoms with E-state index in [9.17, 15) is 0 Å². The van der Waals surface area contributed by atoms with Crippen molar-refractivity contribution in [3.05, 3.63) is 28.2 Å². The minimum atomic E-state index is 0.741. The van der Waals surface area contributed by atoms with Crippen LogP contribution < -0.4 is 5.73 Å². The summed E-state index contributed by atoms with van der Waals surface area (Å²) in [5.41, 5.74) is 7.37. The molecule has 2 N–H and O–H groups in total. The molecule has 0 amide bonds. The molecule has 0 atom stereocenters. The van der Waals surface area contributed by atoms with Crippen LogP contribution in [0.4, 0.5) is 5.69 Å². The maximum Gasteiger partial charge on any atom is 0.0414 e. The Balaban J connectivity index is 3.20. The summed E-state index contributed by atoms with van der Waals surface area (Å²) >= 11 is 3.38. The number of nitrogen functional groups attached to an aromatic ring is 1. The quantitative estimate of drug-likeness (QED) is 0.562. The smallest absolute Gasteiger partial charge is 0.0414 e. The molecule has 1 aromatic rings. The maximum atomic E-state index is 5.69. The summed E-state index contributed by atoms with van der Waals surface area (Å²) in [5, 5.41) is 0. The molecule has 0 aliphatic rings. The molecular formula is C8H9BrN2. The van der Waals surface area contributed by atoms with Crippen molar-refractivity contribution in [1.29, 1.82) is 0 Å². The average Bonchev–Trinajstić information content (AvgIpc) is 1.97. The predicted molar refractivity (Wildman–Crippen MR) is 52.1 cm³/mol. The second-order valence-electron chi connectivity index (χ2n) is 2.13. The zero-order chi connectivity index (χ0) is 8.27. The lowest BCUT2D eigenvalue weighted by Gasteiger charge is -2.00. The molecular weight excluding hydrogens is 204 g/mol. The zero-order valence-corrected chi connectivity index (χ0v) is 7.80. The lowest BCUT2D eigenvalue weighted by Crippen LogP contribution is -1.93. The van der Waals surface area contributed by atoms with Gasteiger partial charge >= 0.3 is 0 Å². The summed E-state index contributed by atoms with van der Waals surface area (Å²) in [6, 6.07) is 5.68. The fraction of sp³-hybridized carbons (Fsp3) is 0.125. The van der Waals surface area contributed by atoms with E-state index in [4.69, 9.17) is 5.73 Å². The van der Waals surface area contributed by atoms with Gasteiger partial charge in [0.25, 0.3) is 0 Å². The van der Waals surface area contributed by atoms with Crippen molar-refractivity contribution in [3.8, 4) is 0 Å². The normalized spacial score (nSPS) is 10.7. The fourth-order valence-electron chi connectivity index (χ4n) is 0.819. The summed E-state index contributed by atoms with van der Waals surface area (Å²) in [4.78, 5) is 3.89. The number of hydrogen-bond acceptors (Lipinski definition) is 2. The highest BCUT2D eigenvalue weighted by Gasteiger charge is 1.98. The molecule has 0 radical (unpaired) electrons. The second-order valence-corrected chi connectivity index (χ2v) is 2.98. The van der Waals surface area contributed by atoms with Gasteiger partial charge in [-0.3, -0.25) is 4.99 Å². The van der Waals surface area contributed by atoms with Crippen molar-refractivity contribution in [2.45, 2.75) is 0 Å². The Bertz CT molecular complexity index is 261. The van der Waals surface area contributed by atoms with E-state index in [2.05, 4.69) is 20.9 Å². The number of nitrogens with zero attached hydrogens (tertiary/aromatic N) is 1. The number of rotatable bonds is 1. The number of hydrogen-bond donors (Lipinski definition) is 1. The summed E-state index contributed by atoms with van der Waals surface area (Å²) in [6.07, 6.45) is 1.74. The van der Waals surface area contributed by atoms with Crippen molar-refractivity contribution in [3.63, 3.8) is 0 Å². The molecule has 0 fully saturated rings. The topological polar surface area (TPSA) is 38.4 Å². The molecule has 0 aromatic heterocycles. The van der Waals surface area contributed by atoms with Crippen LogP contribution in [0, 0.1) is 0 Å². The van der Waals surface area contributed by atoms with Gasteiger partial charge in [0.05, 0.1) is 0 Å². The molecule has 0 bridgehead atoms. The van der Waals surface area contributed by atoms with Gasteiger partial charge in [-0.15, -0.1) is 0 Å². The molecule has 0 aliphatic heterocycles. The Morgan fingerprint density at radius 3 is 2.82 bits per heavy atom. The summed E-state index contributed by atoms with van der Waals surface area (Å²) in [7, 11) is 1.72. The molecule has 0 heterocycles. The third kappa shape index (κ3) is 1.80. The molecule has 0 saturated heterocycles. The van der Waals surface area contributed by atoms with E-state index in [0.29, 0.717) is 0 Å². The van der Waals surface area contributed by atoms with Crippen LogP contribution >= 0.6 is 15.9 Å². The predicted octanol–water partition coefficient (Wildman–Crippen LogP) is 2.08. The molecule has 0 unspecified atom stereocenters. The lowest BCUT2D eigenvalue weighted by molar-refractivity contribution is 1.45. The van der Waals surface area contributed by atoms with Gasteiger partial charge in [0, 0.05) is 29.0 Å². The van der Waals surface area contributed by atoms with Crippen LogP contribution in [-0.2, 0) is 0 Å². The minimum Gasteiger partial charge on any atom is -0.398 e. The van der Waals surface area contributed by atoms with Crippen molar-refractivity contribution in [2.24, 2.45) is 4.99 Å². The Morgan fingerprint density at radius 2 is 2.27 bits per heavy atom. The Kier molecular flexibility index (Phi) is 2.65. The van der Waals surface area contributed by atoms with E-state index >= 15 is 0 Å². The van der Waals surface area contributed by atoms with Crippen LogP contribution in [0.15, 0.2) is 27.7 Å². The van der Waals surface area contributed by atoms with Gasteiger partial charge in [0.15, 0.2) is 0 Å². The highest BCUT2D eigenvalue weighted by Crippen LogP contribution is 2.19. The van der Waals surface area contributed by atoms with Gasteiger partial charge in [0.2, 0.25) is 0 Å². The maximum absolute atomic E-state index is 5.69. The highest BCUT2D eigenvalue weighted by atomic mass is 79.9. The minimum absolute atomic E-state index is 0.741. The summed E-state index contributed by atoms with van der Waals surface area (Å²) in [6.45, 7) is 0. The zero-order valence-electron chi connectivity index (χ0n) is 6.21. The van der Waals surface area contributed by atoms with Gasteiger partial charge in [-0.05, 0) is 12.1 Å². The molecule has 0 aliphatic carbocycles. The number of halogens is 1. The second kappa shape index (κ2) is 3.53. The number of benzene rings is 1. The lowest BCUT2D eigenvalue weighted by atomic mass is 10.2. The SMILES string of the molecule is CN=Cc1c(N)cccc1Br. The van der Waals surface area contributed by atoms with E-state index in [1.165, 1.54) is 0 Å². The Morgan fingerprint density at radius 1 is 1.55 bits per heavy atom. The first-order valence-corrected chi connectivity index (χ1v) is 4.01. The van der Waals surface area contributed by atoms with Crippen molar-refractivity contribution < 1.29 is 0 Å². The van der Waals surface area contributed by atoms with E-state index in [0.717, 1.165) is 15.7 Å². The Hall–Kier alpha value is -0.830. The standard InChI is InChI=1S/C8H9BrN2/c1-11-5-6-7(9)3-2-4-8(6)10/h2-5H,10H2,1H3. The van der Waals surface area contributed by atoms with Crippen molar-refractivity contribution in [1.82, 2.24) is 0 Å². The van der Waals surface area contributed by atoms with Gasteiger partial charge in [-0.25, -0.2) is 0 Å². The van der Waals surface area contributed by atoms with Crippen LogP contribution in [0.25, 0.3) is 0 Å². The molecule has 58 valence electrons. The number of anilines is 1. The molecule has 0 spiro atoms. The number of aliphatic imine (C=N–C) groups is 1. The summed E-state index contributed by atoms with van der Waals surface area (Å²) < 4.78 is 0.975. The molecule has 3 heteroatoms. The fourth-order valence-corrected chi connectivity index (χ4v) is 1.30. The van der Waals surface area contributed by atoms with Gasteiger partial charge in [-0.1, -0.05) is 22.0 Å². The van der Waals surface area contributed by atoms with Crippen molar-refractivity contribution >= 4 is 27.8 Å². The number of nitrogens with two attached hydrogens (primary N) is 1. The Labute approximate surface area is 74.3 Å². The first-order chi connectivity index (χ1) is 5.25. The van der Waals surface area contributed by atoms with E-state index in [1.54, 1.807) is 13.3 Å². The summed E-state index contributed by atoms with van der Waals surface area (Å²) in [5.74, 6) is 0. The molecule has 1 aromatic carbocycles. The van der Waals surface area contributed by atoms with Gasteiger partial charge in [0.1, 0.15) is 0 Å². The van der Waals surface area contributed by atoms with E-state index in [1.807, 2.05) is 18.2 Å². The van der Waals surface area contributed by atoms with Crippen LogP contribution in [0.5, 0.6) is 0 Å². The first kappa shape index (κ1) is 8.27. The van der Waals surface area contributed by atoms with E-state index < -0.39 is 0 Å². The largest absolute Gasteiger partial charge is 0.398 e. The van der Waals surface area contributed by atoms with Gasteiger partial charge < -0.3 is 5.73 Å². The van der Waals surface area contributed by atoms with E-state index in [-0.39, 0.29) is 0 Å². The highest BCUT2D eigenvalue weighted by molar-refractivity contribution is 9.10. The molecule has 11 heavy (non-hydrogen) atoms. The first-order valence-electron chi connectivity index (χ1n) is 3.22.